The highest BCUT2D eigenvalue weighted by atomic mass is 16.5. The number of amides is 1. The van der Waals surface area contributed by atoms with E-state index in [2.05, 4.69) is 4.98 Å². The third-order valence-electron chi connectivity index (χ3n) is 4.71. The standard InChI is InChI=1S/C16H22N2O3/c1-21-15-8-11(5-6-14(15)19)16(20)18-9-12(10-18)13-4-2-3-7-17-13/h2-4,7,11-12,14-15,19H,5-6,8-10H2,1H3/t11-,14+,15-/m1/s1. The van der Waals surface area contributed by atoms with Crippen LogP contribution in [0.5, 0.6) is 0 Å². The van der Waals surface area contributed by atoms with E-state index in [1.807, 2.05) is 23.1 Å². The fourth-order valence-electron chi connectivity index (χ4n) is 3.31. The van der Waals surface area contributed by atoms with Gasteiger partial charge in [-0.05, 0) is 31.4 Å². The van der Waals surface area contributed by atoms with Crippen molar-refractivity contribution in [2.75, 3.05) is 20.2 Å². The Bertz CT molecular complexity index is 488. The number of aromatic nitrogens is 1. The first-order valence-electron chi connectivity index (χ1n) is 7.59. The van der Waals surface area contributed by atoms with Crippen molar-refractivity contribution in [2.45, 2.75) is 37.4 Å². The van der Waals surface area contributed by atoms with E-state index in [1.165, 1.54) is 0 Å². The number of aliphatic hydroxyl groups is 1. The van der Waals surface area contributed by atoms with Gasteiger partial charge in [0.15, 0.2) is 0 Å². The highest BCUT2D eigenvalue weighted by molar-refractivity contribution is 5.80. The number of rotatable bonds is 3. The number of pyridine rings is 1. The Kier molecular flexibility index (Phi) is 4.22. The van der Waals surface area contributed by atoms with Gasteiger partial charge in [-0.15, -0.1) is 0 Å². The van der Waals surface area contributed by atoms with Crippen LogP contribution in [0.3, 0.4) is 0 Å². The monoisotopic (exact) mass is 290 g/mol. The maximum absolute atomic E-state index is 12.5. The molecule has 3 atom stereocenters. The van der Waals surface area contributed by atoms with Crippen LogP contribution < -0.4 is 0 Å². The molecule has 2 fully saturated rings. The molecule has 0 radical (unpaired) electrons. The van der Waals surface area contributed by atoms with Crippen molar-refractivity contribution in [2.24, 2.45) is 5.92 Å². The van der Waals surface area contributed by atoms with Crippen LogP contribution in [0.25, 0.3) is 0 Å². The summed E-state index contributed by atoms with van der Waals surface area (Å²) in [6, 6.07) is 5.91. The summed E-state index contributed by atoms with van der Waals surface area (Å²) in [6.07, 6.45) is 3.18. The number of aliphatic hydroxyl groups excluding tert-OH is 1. The van der Waals surface area contributed by atoms with Crippen LogP contribution in [-0.2, 0) is 9.53 Å². The third-order valence-corrected chi connectivity index (χ3v) is 4.71. The van der Waals surface area contributed by atoms with E-state index in [-0.39, 0.29) is 17.9 Å². The molecule has 0 aromatic carbocycles. The van der Waals surface area contributed by atoms with Gasteiger partial charge >= 0.3 is 0 Å². The summed E-state index contributed by atoms with van der Waals surface area (Å²) in [6.45, 7) is 1.51. The van der Waals surface area contributed by atoms with Crippen molar-refractivity contribution in [3.05, 3.63) is 30.1 Å². The first kappa shape index (κ1) is 14.5. The van der Waals surface area contributed by atoms with Gasteiger partial charge < -0.3 is 14.7 Å². The predicted molar refractivity (Wildman–Crippen MR) is 77.7 cm³/mol. The summed E-state index contributed by atoms with van der Waals surface area (Å²) in [4.78, 5) is 18.8. The van der Waals surface area contributed by atoms with Crippen LogP contribution in [0.1, 0.15) is 30.9 Å². The molecule has 1 saturated heterocycles. The van der Waals surface area contributed by atoms with Gasteiger partial charge in [0.2, 0.25) is 5.91 Å². The SMILES string of the molecule is CO[C@@H]1C[C@H](C(=O)N2CC(c3ccccn3)C2)CC[C@@H]1O. The second-order valence-electron chi connectivity index (χ2n) is 6.05. The Morgan fingerprint density at radius 3 is 2.86 bits per heavy atom. The fourth-order valence-corrected chi connectivity index (χ4v) is 3.31. The fraction of sp³-hybridized carbons (Fsp3) is 0.625. The summed E-state index contributed by atoms with van der Waals surface area (Å²) in [5.41, 5.74) is 1.07. The molecule has 1 aliphatic carbocycles. The molecule has 1 aromatic heterocycles. The van der Waals surface area contributed by atoms with Crippen molar-refractivity contribution in [3.63, 3.8) is 0 Å². The number of methoxy groups -OCH3 is 1. The van der Waals surface area contributed by atoms with E-state index in [1.54, 1.807) is 13.3 Å². The second kappa shape index (κ2) is 6.12. The highest BCUT2D eigenvalue weighted by Gasteiger charge is 2.39. The maximum Gasteiger partial charge on any atom is 0.225 e. The molecule has 0 unspecified atom stereocenters. The summed E-state index contributed by atoms with van der Waals surface area (Å²) in [7, 11) is 1.60. The van der Waals surface area contributed by atoms with Gasteiger partial charge in [0.1, 0.15) is 0 Å². The molecule has 21 heavy (non-hydrogen) atoms. The minimum atomic E-state index is -0.434. The van der Waals surface area contributed by atoms with Crippen LogP contribution in [0.2, 0.25) is 0 Å². The minimum Gasteiger partial charge on any atom is -0.390 e. The van der Waals surface area contributed by atoms with Crippen molar-refractivity contribution >= 4 is 5.91 Å². The molecule has 1 N–H and O–H groups in total. The molecule has 114 valence electrons. The van der Waals surface area contributed by atoms with Crippen LogP contribution in [0.4, 0.5) is 0 Å². The zero-order chi connectivity index (χ0) is 14.8. The van der Waals surface area contributed by atoms with Gasteiger partial charge in [-0.3, -0.25) is 9.78 Å². The summed E-state index contributed by atoms with van der Waals surface area (Å²) in [5.74, 6) is 0.557. The first-order valence-corrected chi connectivity index (χ1v) is 7.59. The highest BCUT2D eigenvalue weighted by Crippen LogP contribution is 2.32. The van der Waals surface area contributed by atoms with Crippen molar-refractivity contribution in [1.82, 2.24) is 9.88 Å². The van der Waals surface area contributed by atoms with E-state index in [0.717, 1.165) is 25.2 Å². The van der Waals surface area contributed by atoms with Crippen LogP contribution in [-0.4, -0.2) is 53.3 Å². The lowest BCUT2D eigenvalue weighted by molar-refractivity contribution is -0.145. The van der Waals surface area contributed by atoms with E-state index in [9.17, 15) is 9.90 Å². The first-order chi connectivity index (χ1) is 10.2. The van der Waals surface area contributed by atoms with Crippen LogP contribution >= 0.6 is 0 Å². The molecule has 2 heterocycles. The lowest BCUT2D eigenvalue weighted by Crippen LogP contribution is -2.52. The summed E-state index contributed by atoms with van der Waals surface area (Å²) >= 11 is 0. The van der Waals surface area contributed by atoms with E-state index in [4.69, 9.17) is 4.74 Å². The lowest BCUT2D eigenvalue weighted by Gasteiger charge is -2.42. The van der Waals surface area contributed by atoms with E-state index < -0.39 is 6.10 Å². The number of carbonyl (C=O) groups excluding carboxylic acids is 1. The van der Waals surface area contributed by atoms with Crippen LogP contribution in [0, 0.1) is 5.92 Å². The summed E-state index contributed by atoms with van der Waals surface area (Å²) < 4.78 is 5.27. The number of hydrogen-bond donors (Lipinski definition) is 1. The van der Waals surface area contributed by atoms with E-state index in [0.29, 0.717) is 18.8 Å². The maximum atomic E-state index is 12.5. The van der Waals surface area contributed by atoms with Gasteiger partial charge in [-0.1, -0.05) is 6.07 Å². The van der Waals surface area contributed by atoms with Gasteiger partial charge in [-0.2, -0.15) is 0 Å². The quantitative estimate of drug-likeness (QED) is 0.908. The van der Waals surface area contributed by atoms with Crippen molar-refractivity contribution in [1.29, 1.82) is 0 Å². The topological polar surface area (TPSA) is 62.7 Å². The third kappa shape index (κ3) is 2.94. The molecule has 5 nitrogen and oxygen atoms in total. The Hall–Kier alpha value is -1.46. The Labute approximate surface area is 124 Å². The molecule has 2 aliphatic rings. The molecule has 1 aromatic rings. The van der Waals surface area contributed by atoms with E-state index >= 15 is 0 Å². The van der Waals surface area contributed by atoms with Crippen LogP contribution in [0.15, 0.2) is 24.4 Å². The molecular weight excluding hydrogens is 268 g/mol. The lowest BCUT2D eigenvalue weighted by atomic mass is 9.83. The molecule has 0 bridgehead atoms. The minimum absolute atomic E-state index is 0.0111. The van der Waals surface area contributed by atoms with Gasteiger partial charge in [0, 0.05) is 43.9 Å². The number of likely N-dealkylation sites (tertiary alicyclic amines) is 1. The molecule has 3 rings (SSSR count). The van der Waals surface area contributed by atoms with Gasteiger partial charge in [-0.25, -0.2) is 0 Å². The Morgan fingerprint density at radius 2 is 2.19 bits per heavy atom. The van der Waals surface area contributed by atoms with Gasteiger partial charge in [0.25, 0.3) is 0 Å². The van der Waals surface area contributed by atoms with Gasteiger partial charge in [0.05, 0.1) is 12.2 Å². The Balaban J connectivity index is 1.54. The number of hydrogen-bond acceptors (Lipinski definition) is 4. The molecule has 1 saturated carbocycles. The normalized spacial score (nSPS) is 30.0. The number of nitrogens with zero attached hydrogens (tertiary/aromatic N) is 2. The zero-order valence-corrected chi connectivity index (χ0v) is 12.3. The smallest absolute Gasteiger partial charge is 0.225 e. The largest absolute Gasteiger partial charge is 0.390 e. The Morgan fingerprint density at radius 1 is 1.38 bits per heavy atom. The molecule has 0 spiro atoms. The molecule has 1 amide bonds. The predicted octanol–water partition coefficient (Wildman–Crippen LogP) is 1.18. The molecule has 1 aliphatic heterocycles. The summed E-state index contributed by atoms with van der Waals surface area (Å²) in [5, 5.41) is 9.81. The van der Waals surface area contributed by atoms with Crippen molar-refractivity contribution < 1.29 is 14.6 Å². The van der Waals surface area contributed by atoms with Crippen molar-refractivity contribution in [3.8, 4) is 0 Å². The average Bonchev–Trinajstić information content (AvgIpc) is 2.47. The zero-order valence-electron chi connectivity index (χ0n) is 12.3. The molecule has 5 heteroatoms. The number of ether oxygens (including phenoxy) is 1. The number of carbonyl (C=O) groups is 1. The molecular formula is C16H22N2O3. The average molecular weight is 290 g/mol. The second-order valence-corrected chi connectivity index (χ2v) is 6.05.